The first-order valence-corrected chi connectivity index (χ1v) is 15.9. The van der Waals surface area contributed by atoms with E-state index in [9.17, 15) is 5.11 Å². The molecule has 0 radical (unpaired) electrons. The summed E-state index contributed by atoms with van der Waals surface area (Å²) in [6, 6.07) is 0. The third kappa shape index (κ3) is 10.7. The first-order chi connectivity index (χ1) is 13.9. The van der Waals surface area contributed by atoms with Gasteiger partial charge in [0.25, 0.3) is 0 Å². The zero-order valence-electron chi connectivity index (χ0n) is 20.3. The van der Waals surface area contributed by atoms with E-state index in [-0.39, 0.29) is 23.4 Å². The molecule has 1 fully saturated rings. The lowest BCUT2D eigenvalue weighted by molar-refractivity contribution is -0.124. The lowest BCUT2D eigenvalue weighted by Crippen LogP contribution is -2.45. The number of allylic oxidation sites excluding steroid dienone is 3. The van der Waals surface area contributed by atoms with Crippen LogP contribution >= 0.6 is 23.5 Å². The molecule has 0 spiro atoms. The van der Waals surface area contributed by atoms with Gasteiger partial charge in [-0.3, -0.25) is 0 Å². The number of ether oxygens (including phenoxy) is 2. The standard InChI is InChI=1S/C23H44O4S2Si/c1-22(2,3)30(7,8)27-17-19(24)20(26-18-25-6)12-14-23(4,5)13-10-9-11-21-28-15-16-29-21/h9-11,13,19-21,24H,12,14-18H2,1-8H3/b11-9+,13-10+/t19-,20+/m1/s1. The molecular formula is C23H44O4S2Si. The molecule has 30 heavy (non-hydrogen) atoms. The van der Waals surface area contributed by atoms with Crippen molar-refractivity contribution in [3.63, 3.8) is 0 Å². The molecule has 176 valence electrons. The molecule has 0 aliphatic carbocycles. The molecular weight excluding hydrogens is 432 g/mol. The van der Waals surface area contributed by atoms with E-state index in [0.717, 1.165) is 12.8 Å². The Bertz CT molecular complexity index is 538. The van der Waals surface area contributed by atoms with Crippen molar-refractivity contribution in [2.45, 2.75) is 82.4 Å². The number of methoxy groups -OCH3 is 1. The largest absolute Gasteiger partial charge is 0.414 e. The summed E-state index contributed by atoms with van der Waals surface area (Å²) in [6.45, 7) is 16.0. The van der Waals surface area contributed by atoms with Gasteiger partial charge >= 0.3 is 0 Å². The van der Waals surface area contributed by atoms with E-state index in [4.69, 9.17) is 13.9 Å². The number of aliphatic hydroxyl groups is 1. The van der Waals surface area contributed by atoms with Crippen molar-refractivity contribution >= 4 is 31.8 Å². The molecule has 4 nitrogen and oxygen atoms in total. The van der Waals surface area contributed by atoms with E-state index in [0.29, 0.717) is 11.2 Å². The topological polar surface area (TPSA) is 47.9 Å². The van der Waals surface area contributed by atoms with Crippen LogP contribution in [0.15, 0.2) is 24.3 Å². The normalized spacial score (nSPS) is 19.2. The monoisotopic (exact) mass is 476 g/mol. The number of hydrogen-bond donors (Lipinski definition) is 1. The van der Waals surface area contributed by atoms with Crippen LogP contribution in [0.5, 0.6) is 0 Å². The summed E-state index contributed by atoms with van der Waals surface area (Å²) in [5, 5.41) is 10.9. The Morgan fingerprint density at radius 2 is 1.73 bits per heavy atom. The molecule has 1 heterocycles. The Labute approximate surface area is 194 Å². The van der Waals surface area contributed by atoms with Crippen molar-refractivity contribution in [1.82, 2.24) is 0 Å². The average Bonchev–Trinajstić information content (AvgIpc) is 3.16. The van der Waals surface area contributed by atoms with Crippen molar-refractivity contribution in [1.29, 1.82) is 0 Å². The molecule has 0 aromatic rings. The number of hydrogen-bond acceptors (Lipinski definition) is 6. The van der Waals surface area contributed by atoms with E-state index in [2.05, 4.69) is 72.0 Å². The fraction of sp³-hybridized carbons (Fsp3) is 0.826. The van der Waals surface area contributed by atoms with Crippen LogP contribution in [0.4, 0.5) is 0 Å². The predicted molar refractivity (Wildman–Crippen MR) is 136 cm³/mol. The van der Waals surface area contributed by atoms with E-state index in [1.54, 1.807) is 7.11 Å². The molecule has 0 bridgehead atoms. The fourth-order valence-electron chi connectivity index (χ4n) is 2.72. The van der Waals surface area contributed by atoms with Crippen LogP contribution in [-0.2, 0) is 13.9 Å². The van der Waals surface area contributed by atoms with E-state index in [1.807, 2.05) is 23.5 Å². The molecule has 0 unspecified atom stereocenters. The molecule has 0 amide bonds. The second-order valence-electron chi connectivity index (χ2n) is 10.1. The molecule has 1 aliphatic heterocycles. The first kappa shape index (κ1) is 28.3. The van der Waals surface area contributed by atoms with Gasteiger partial charge in [0.15, 0.2) is 8.32 Å². The minimum absolute atomic E-state index is 0.0228. The van der Waals surface area contributed by atoms with Crippen LogP contribution in [0.2, 0.25) is 18.1 Å². The van der Waals surface area contributed by atoms with E-state index >= 15 is 0 Å². The van der Waals surface area contributed by atoms with E-state index in [1.165, 1.54) is 11.5 Å². The molecule has 0 saturated carbocycles. The lowest BCUT2D eigenvalue weighted by Gasteiger charge is -2.37. The van der Waals surface area contributed by atoms with Crippen molar-refractivity contribution in [3.05, 3.63) is 24.3 Å². The molecule has 1 N–H and O–H groups in total. The Balaban J connectivity index is 2.58. The van der Waals surface area contributed by atoms with Gasteiger partial charge < -0.3 is 19.0 Å². The van der Waals surface area contributed by atoms with Crippen LogP contribution < -0.4 is 0 Å². The van der Waals surface area contributed by atoms with Gasteiger partial charge in [0.1, 0.15) is 12.9 Å². The van der Waals surface area contributed by atoms with Gasteiger partial charge in [0.05, 0.1) is 17.3 Å². The summed E-state index contributed by atoms with van der Waals surface area (Å²) in [7, 11) is -0.300. The van der Waals surface area contributed by atoms with Crippen LogP contribution in [0.25, 0.3) is 0 Å². The minimum Gasteiger partial charge on any atom is -0.414 e. The molecule has 0 aromatic heterocycles. The molecule has 1 saturated heterocycles. The summed E-state index contributed by atoms with van der Waals surface area (Å²) in [5.74, 6) is 2.50. The Hall–Kier alpha value is 0.237. The van der Waals surface area contributed by atoms with Gasteiger partial charge in [-0.25, -0.2) is 0 Å². The number of rotatable bonds is 13. The van der Waals surface area contributed by atoms with Crippen LogP contribution in [0, 0.1) is 5.41 Å². The maximum atomic E-state index is 10.8. The van der Waals surface area contributed by atoms with E-state index < -0.39 is 14.4 Å². The van der Waals surface area contributed by atoms with Crippen molar-refractivity contribution in [2.75, 3.05) is 32.0 Å². The Morgan fingerprint density at radius 1 is 1.10 bits per heavy atom. The van der Waals surface area contributed by atoms with Crippen LogP contribution in [-0.4, -0.2) is 62.2 Å². The van der Waals surface area contributed by atoms with Crippen molar-refractivity contribution < 1.29 is 19.0 Å². The Kier molecular flexibility index (Phi) is 12.3. The zero-order valence-corrected chi connectivity index (χ0v) is 22.9. The highest BCUT2D eigenvalue weighted by molar-refractivity contribution is 8.20. The SMILES string of the molecule is COCO[C@@H](CCC(C)(C)/C=C/C=C/C1SCCS1)[C@H](O)CO[Si](C)(C)C(C)(C)C. The summed E-state index contributed by atoms with van der Waals surface area (Å²) in [6.07, 6.45) is 9.55. The van der Waals surface area contributed by atoms with Gasteiger partial charge in [-0.15, -0.1) is 23.5 Å². The smallest absolute Gasteiger partial charge is 0.192 e. The van der Waals surface area contributed by atoms with Gasteiger partial charge in [0, 0.05) is 18.6 Å². The third-order valence-electron chi connectivity index (χ3n) is 5.90. The number of aliphatic hydroxyl groups excluding tert-OH is 1. The van der Waals surface area contributed by atoms with Crippen molar-refractivity contribution in [2.24, 2.45) is 5.41 Å². The third-order valence-corrected chi connectivity index (χ3v) is 13.3. The lowest BCUT2D eigenvalue weighted by atomic mass is 9.85. The maximum absolute atomic E-state index is 10.8. The highest BCUT2D eigenvalue weighted by atomic mass is 32.2. The van der Waals surface area contributed by atoms with Gasteiger partial charge in [0.2, 0.25) is 0 Å². The summed E-state index contributed by atoms with van der Waals surface area (Å²) in [4.78, 5) is 0. The first-order valence-electron chi connectivity index (χ1n) is 10.9. The molecule has 0 aromatic carbocycles. The van der Waals surface area contributed by atoms with Gasteiger partial charge in [-0.05, 0) is 36.4 Å². The maximum Gasteiger partial charge on any atom is 0.192 e. The second-order valence-corrected chi connectivity index (χ2v) is 17.7. The highest BCUT2D eigenvalue weighted by Gasteiger charge is 2.38. The quantitative estimate of drug-likeness (QED) is 0.197. The molecule has 1 rings (SSSR count). The summed E-state index contributed by atoms with van der Waals surface area (Å²) in [5.41, 5.74) is 0.0228. The van der Waals surface area contributed by atoms with Crippen LogP contribution in [0.1, 0.15) is 47.5 Å². The second kappa shape index (κ2) is 13.1. The minimum atomic E-state index is -1.91. The average molecular weight is 477 g/mol. The molecule has 1 aliphatic rings. The number of thioether (sulfide) groups is 2. The van der Waals surface area contributed by atoms with Crippen molar-refractivity contribution in [3.8, 4) is 0 Å². The fourth-order valence-corrected chi connectivity index (χ4v) is 6.34. The van der Waals surface area contributed by atoms with Crippen LogP contribution in [0.3, 0.4) is 0 Å². The van der Waals surface area contributed by atoms with Gasteiger partial charge in [-0.1, -0.05) is 58.9 Å². The molecule has 2 atom stereocenters. The highest BCUT2D eigenvalue weighted by Crippen LogP contribution is 2.37. The summed E-state index contributed by atoms with van der Waals surface area (Å²) >= 11 is 4.02. The Morgan fingerprint density at radius 3 is 2.30 bits per heavy atom. The predicted octanol–water partition coefficient (Wildman–Crippen LogP) is 6.08. The zero-order chi connectivity index (χ0) is 22.8. The van der Waals surface area contributed by atoms with Gasteiger partial charge in [-0.2, -0.15) is 0 Å². The summed E-state index contributed by atoms with van der Waals surface area (Å²) < 4.78 is 17.7. The molecule has 7 heteroatoms.